The van der Waals surface area contributed by atoms with Gasteiger partial charge in [0.1, 0.15) is 0 Å². The largest absolute Gasteiger partial charge is 0.476 e. The molecule has 1 aromatic rings. The maximum atomic E-state index is 5.67. The summed E-state index contributed by atoms with van der Waals surface area (Å²) in [5.74, 6) is 1.01. The highest BCUT2D eigenvalue weighted by molar-refractivity contribution is 5.86. The Labute approximate surface area is 83.0 Å². The second-order valence-electron chi connectivity index (χ2n) is 3.65. The van der Waals surface area contributed by atoms with E-state index in [-0.39, 0.29) is 0 Å². The maximum absolute atomic E-state index is 5.67. The zero-order valence-electron chi connectivity index (χ0n) is 7.99. The number of rotatable bonds is 0. The summed E-state index contributed by atoms with van der Waals surface area (Å²) in [6.07, 6.45) is 0. The van der Waals surface area contributed by atoms with Crippen LogP contribution in [-0.4, -0.2) is 36.5 Å². The van der Waals surface area contributed by atoms with Crippen LogP contribution in [0.5, 0.6) is 5.75 Å². The lowest BCUT2D eigenvalue weighted by molar-refractivity contribution is -0.449. The summed E-state index contributed by atoms with van der Waals surface area (Å²) in [6, 6.07) is 8.24. The van der Waals surface area contributed by atoms with Crippen molar-refractivity contribution in [3.63, 3.8) is 0 Å². The van der Waals surface area contributed by atoms with Crippen LogP contribution in [0.25, 0.3) is 0 Å². The van der Waals surface area contributed by atoms with Gasteiger partial charge in [0.2, 0.25) is 11.4 Å². The standard InChI is InChI=1S/C11H13N2O/c1-2-4-11-10(3-1)13-6-5-12-7-9(13)8-14-11/h1-4,12H,5-8H2/q+1. The number of benzene rings is 1. The molecule has 0 fully saturated rings. The lowest BCUT2D eigenvalue weighted by atomic mass is 10.2. The molecule has 0 saturated heterocycles. The van der Waals surface area contributed by atoms with Crippen LogP contribution in [0.3, 0.4) is 0 Å². The first-order valence-corrected chi connectivity index (χ1v) is 5.00. The van der Waals surface area contributed by atoms with Gasteiger partial charge >= 0.3 is 0 Å². The average Bonchev–Trinajstić information content (AvgIpc) is 2.29. The first kappa shape index (κ1) is 8.00. The first-order chi connectivity index (χ1) is 6.95. The SMILES string of the molecule is c1ccc2c(c1)OCC1=[N+]2CCNC1. The molecule has 2 heterocycles. The van der Waals surface area contributed by atoms with Gasteiger partial charge in [-0.15, -0.1) is 0 Å². The fraction of sp³-hybridized carbons (Fsp3) is 0.364. The molecule has 0 aromatic heterocycles. The minimum atomic E-state index is 0.726. The lowest BCUT2D eigenvalue weighted by Crippen LogP contribution is -2.44. The first-order valence-electron chi connectivity index (χ1n) is 5.00. The summed E-state index contributed by atoms with van der Waals surface area (Å²) >= 11 is 0. The van der Waals surface area contributed by atoms with Crippen LogP contribution in [0.1, 0.15) is 0 Å². The Bertz CT molecular complexity index is 398. The zero-order chi connectivity index (χ0) is 9.38. The molecule has 2 aliphatic rings. The zero-order valence-corrected chi connectivity index (χ0v) is 7.99. The third-order valence-electron chi connectivity index (χ3n) is 2.77. The molecule has 0 radical (unpaired) electrons. The van der Waals surface area contributed by atoms with Crippen LogP contribution >= 0.6 is 0 Å². The lowest BCUT2D eigenvalue weighted by Gasteiger charge is -2.21. The Hall–Kier alpha value is -1.35. The highest BCUT2D eigenvalue weighted by Gasteiger charge is 2.29. The Kier molecular flexibility index (Phi) is 1.77. The third-order valence-corrected chi connectivity index (χ3v) is 2.77. The summed E-state index contributed by atoms with van der Waals surface area (Å²) in [5.41, 5.74) is 2.56. The van der Waals surface area contributed by atoms with E-state index in [2.05, 4.69) is 22.0 Å². The molecule has 0 amide bonds. The van der Waals surface area contributed by atoms with Gasteiger partial charge in [-0.05, 0) is 6.07 Å². The van der Waals surface area contributed by atoms with Gasteiger partial charge in [-0.2, -0.15) is 4.58 Å². The number of hydrogen-bond donors (Lipinski definition) is 1. The molecular formula is C11H13N2O+. The number of nitrogens with zero attached hydrogens (tertiary/aromatic N) is 1. The molecule has 3 rings (SSSR count). The van der Waals surface area contributed by atoms with Crippen LogP contribution in [0.15, 0.2) is 24.3 Å². The van der Waals surface area contributed by atoms with E-state index in [1.165, 1.54) is 11.4 Å². The smallest absolute Gasteiger partial charge is 0.247 e. The quantitative estimate of drug-likeness (QED) is 0.609. The summed E-state index contributed by atoms with van der Waals surface area (Å²) in [5, 5.41) is 3.36. The minimum absolute atomic E-state index is 0.726. The molecule has 14 heavy (non-hydrogen) atoms. The second kappa shape index (κ2) is 3.10. The van der Waals surface area contributed by atoms with Crippen LogP contribution in [0, 0.1) is 0 Å². The molecule has 0 bridgehead atoms. The van der Waals surface area contributed by atoms with E-state index in [9.17, 15) is 0 Å². The predicted octanol–water partition coefficient (Wildman–Crippen LogP) is 0.767. The van der Waals surface area contributed by atoms with Crippen molar-refractivity contribution < 1.29 is 9.31 Å². The topological polar surface area (TPSA) is 24.3 Å². The maximum Gasteiger partial charge on any atom is 0.247 e. The van der Waals surface area contributed by atoms with E-state index < -0.39 is 0 Å². The second-order valence-corrected chi connectivity index (χ2v) is 3.65. The number of para-hydroxylation sites is 2. The van der Waals surface area contributed by atoms with Crippen molar-refractivity contribution in [3.05, 3.63) is 24.3 Å². The highest BCUT2D eigenvalue weighted by atomic mass is 16.5. The molecule has 0 unspecified atom stereocenters. The normalized spacial score (nSPS) is 19.7. The average molecular weight is 189 g/mol. The molecule has 1 aromatic carbocycles. The molecule has 1 N–H and O–H groups in total. The molecule has 72 valence electrons. The highest BCUT2D eigenvalue weighted by Crippen LogP contribution is 2.29. The van der Waals surface area contributed by atoms with Gasteiger partial charge in [0.05, 0.1) is 13.1 Å². The minimum Gasteiger partial charge on any atom is -0.476 e. The Balaban J connectivity index is 2.13. The van der Waals surface area contributed by atoms with Gasteiger partial charge in [0.25, 0.3) is 0 Å². The van der Waals surface area contributed by atoms with Gasteiger partial charge in [-0.3, -0.25) is 0 Å². The van der Waals surface area contributed by atoms with Gasteiger partial charge in [0.15, 0.2) is 18.9 Å². The Morgan fingerprint density at radius 1 is 1.29 bits per heavy atom. The molecular weight excluding hydrogens is 176 g/mol. The number of nitrogens with one attached hydrogen (secondary N) is 1. The van der Waals surface area contributed by atoms with Crippen LogP contribution in [-0.2, 0) is 0 Å². The predicted molar refractivity (Wildman–Crippen MR) is 54.6 cm³/mol. The monoisotopic (exact) mass is 189 g/mol. The van der Waals surface area contributed by atoms with E-state index in [1.54, 1.807) is 0 Å². The number of fused-ring (bicyclic) bond motifs is 2. The molecule has 3 nitrogen and oxygen atoms in total. The summed E-state index contributed by atoms with van der Waals surface area (Å²) in [7, 11) is 0. The van der Waals surface area contributed by atoms with Crippen molar-refractivity contribution in [3.8, 4) is 5.75 Å². The van der Waals surface area contributed by atoms with Crippen molar-refractivity contribution >= 4 is 11.4 Å². The number of hydrogen-bond acceptors (Lipinski definition) is 2. The molecule has 0 aliphatic carbocycles. The van der Waals surface area contributed by atoms with E-state index in [0.717, 1.165) is 32.0 Å². The Morgan fingerprint density at radius 2 is 2.21 bits per heavy atom. The van der Waals surface area contributed by atoms with E-state index in [0.29, 0.717) is 0 Å². The molecule has 0 saturated carbocycles. The van der Waals surface area contributed by atoms with Crippen LogP contribution in [0.2, 0.25) is 0 Å². The molecule has 0 atom stereocenters. The fourth-order valence-corrected chi connectivity index (χ4v) is 2.06. The van der Waals surface area contributed by atoms with Crippen molar-refractivity contribution in [1.82, 2.24) is 5.32 Å². The van der Waals surface area contributed by atoms with Gasteiger partial charge in [-0.1, -0.05) is 12.1 Å². The van der Waals surface area contributed by atoms with E-state index in [4.69, 9.17) is 4.74 Å². The van der Waals surface area contributed by atoms with Crippen molar-refractivity contribution in [2.24, 2.45) is 0 Å². The summed E-state index contributed by atoms with van der Waals surface area (Å²) in [6.45, 7) is 3.78. The van der Waals surface area contributed by atoms with Crippen molar-refractivity contribution in [1.29, 1.82) is 0 Å². The fourth-order valence-electron chi connectivity index (χ4n) is 2.06. The molecule has 2 aliphatic heterocycles. The number of ether oxygens (including phenoxy) is 1. The van der Waals surface area contributed by atoms with E-state index >= 15 is 0 Å². The summed E-state index contributed by atoms with van der Waals surface area (Å²) in [4.78, 5) is 0. The van der Waals surface area contributed by atoms with Gasteiger partial charge in [-0.25, -0.2) is 0 Å². The van der Waals surface area contributed by atoms with E-state index in [1.807, 2.05) is 12.1 Å². The van der Waals surface area contributed by atoms with Crippen molar-refractivity contribution in [2.45, 2.75) is 0 Å². The molecule has 3 heteroatoms. The van der Waals surface area contributed by atoms with Crippen LogP contribution in [0.4, 0.5) is 5.69 Å². The van der Waals surface area contributed by atoms with Crippen molar-refractivity contribution in [2.75, 3.05) is 26.2 Å². The van der Waals surface area contributed by atoms with Gasteiger partial charge in [0, 0.05) is 6.07 Å². The summed E-state index contributed by atoms with van der Waals surface area (Å²) < 4.78 is 8.04. The van der Waals surface area contributed by atoms with Crippen LogP contribution < -0.4 is 10.1 Å². The third kappa shape index (κ3) is 1.13. The van der Waals surface area contributed by atoms with Gasteiger partial charge < -0.3 is 10.1 Å². The molecule has 0 spiro atoms. The Morgan fingerprint density at radius 3 is 3.21 bits per heavy atom.